The van der Waals surface area contributed by atoms with Gasteiger partial charge in [-0.05, 0) is 37.7 Å². The zero-order valence-electron chi connectivity index (χ0n) is 11.1. The second-order valence-corrected chi connectivity index (χ2v) is 5.71. The molecule has 1 heterocycles. The van der Waals surface area contributed by atoms with Crippen LogP contribution >= 0.6 is 22.9 Å². The molecule has 0 saturated heterocycles. The van der Waals surface area contributed by atoms with Crippen molar-refractivity contribution >= 4 is 22.9 Å². The van der Waals surface area contributed by atoms with Crippen molar-refractivity contribution < 1.29 is 4.74 Å². The SMILES string of the molecule is CCc1nc(COc2ccc(Cl)cc2)sc1CNC. The van der Waals surface area contributed by atoms with Gasteiger partial charge >= 0.3 is 0 Å². The average molecular weight is 297 g/mol. The van der Waals surface area contributed by atoms with Gasteiger partial charge in [-0.1, -0.05) is 18.5 Å². The second-order valence-electron chi connectivity index (χ2n) is 4.10. The highest BCUT2D eigenvalue weighted by Gasteiger charge is 2.09. The first-order chi connectivity index (χ1) is 9.22. The summed E-state index contributed by atoms with van der Waals surface area (Å²) in [6.45, 7) is 3.49. The standard InChI is InChI=1S/C14H17ClN2OS/c1-3-12-13(8-16-2)19-14(17-12)9-18-11-6-4-10(15)5-7-11/h4-7,16H,3,8-9H2,1-2H3. The van der Waals surface area contributed by atoms with Crippen LogP contribution in [0.4, 0.5) is 0 Å². The maximum absolute atomic E-state index is 5.83. The predicted octanol–water partition coefficient (Wildman–Crippen LogP) is 3.66. The minimum Gasteiger partial charge on any atom is -0.486 e. The highest BCUT2D eigenvalue weighted by molar-refractivity contribution is 7.11. The summed E-state index contributed by atoms with van der Waals surface area (Å²) < 4.78 is 5.71. The van der Waals surface area contributed by atoms with Crippen molar-refractivity contribution in [1.29, 1.82) is 0 Å². The molecule has 0 saturated carbocycles. The zero-order valence-corrected chi connectivity index (χ0v) is 12.6. The van der Waals surface area contributed by atoms with Crippen LogP contribution < -0.4 is 10.1 Å². The van der Waals surface area contributed by atoms with Crippen LogP contribution in [0.15, 0.2) is 24.3 Å². The largest absolute Gasteiger partial charge is 0.486 e. The summed E-state index contributed by atoms with van der Waals surface area (Å²) in [5, 5.41) is 4.89. The van der Waals surface area contributed by atoms with Crippen LogP contribution in [0.5, 0.6) is 5.75 Å². The van der Waals surface area contributed by atoms with E-state index in [1.807, 2.05) is 31.3 Å². The number of halogens is 1. The van der Waals surface area contributed by atoms with Gasteiger partial charge in [-0.25, -0.2) is 4.98 Å². The molecule has 1 aromatic heterocycles. The summed E-state index contributed by atoms with van der Waals surface area (Å²) in [7, 11) is 1.95. The summed E-state index contributed by atoms with van der Waals surface area (Å²) in [6, 6.07) is 7.38. The molecule has 0 fully saturated rings. The molecule has 102 valence electrons. The van der Waals surface area contributed by atoms with E-state index in [4.69, 9.17) is 16.3 Å². The molecule has 0 atom stereocenters. The Morgan fingerprint density at radius 2 is 2.05 bits per heavy atom. The molecule has 0 spiro atoms. The monoisotopic (exact) mass is 296 g/mol. The first-order valence-corrected chi connectivity index (χ1v) is 7.42. The van der Waals surface area contributed by atoms with E-state index < -0.39 is 0 Å². The molecule has 0 radical (unpaired) electrons. The molecular formula is C14H17ClN2OS. The summed E-state index contributed by atoms with van der Waals surface area (Å²) in [4.78, 5) is 5.90. The molecule has 0 aliphatic heterocycles. The summed E-state index contributed by atoms with van der Waals surface area (Å²) in [5.41, 5.74) is 1.16. The third-order valence-corrected chi connectivity index (χ3v) is 3.99. The van der Waals surface area contributed by atoms with E-state index in [0.717, 1.165) is 29.4 Å². The fourth-order valence-corrected chi connectivity index (χ4v) is 2.96. The molecule has 0 unspecified atom stereocenters. The normalized spacial score (nSPS) is 10.7. The summed E-state index contributed by atoms with van der Waals surface area (Å²) in [5.74, 6) is 0.813. The number of benzene rings is 1. The van der Waals surface area contributed by atoms with Crippen LogP contribution in [0.3, 0.4) is 0 Å². The molecule has 3 nitrogen and oxygen atoms in total. The van der Waals surface area contributed by atoms with Crippen molar-refractivity contribution in [2.75, 3.05) is 7.05 Å². The Labute approximate surface area is 122 Å². The van der Waals surface area contributed by atoms with Gasteiger partial charge in [0.2, 0.25) is 0 Å². The average Bonchev–Trinajstić information content (AvgIpc) is 2.81. The Balaban J connectivity index is 2.01. The number of aromatic nitrogens is 1. The Bertz CT molecular complexity index is 525. The maximum atomic E-state index is 5.83. The van der Waals surface area contributed by atoms with Crippen molar-refractivity contribution in [2.24, 2.45) is 0 Å². The van der Waals surface area contributed by atoms with Gasteiger partial charge in [0.25, 0.3) is 0 Å². The molecule has 19 heavy (non-hydrogen) atoms. The van der Waals surface area contributed by atoms with Crippen molar-refractivity contribution in [3.63, 3.8) is 0 Å². The molecule has 0 bridgehead atoms. The highest BCUT2D eigenvalue weighted by atomic mass is 35.5. The molecule has 2 aromatic rings. The topological polar surface area (TPSA) is 34.1 Å². The van der Waals surface area contributed by atoms with E-state index in [0.29, 0.717) is 11.6 Å². The van der Waals surface area contributed by atoms with E-state index in [9.17, 15) is 0 Å². The minimum atomic E-state index is 0.503. The van der Waals surface area contributed by atoms with Crippen molar-refractivity contribution in [3.8, 4) is 5.75 Å². The van der Waals surface area contributed by atoms with Crippen LogP contribution in [0, 0.1) is 0 Å². The van der Waals surface area contributed by atoms with E-state index in [2.05, 4.69) is 17.2 Å². The predicted molar refractivity (Wildman–Crippen MR) is 80.0 cm³/mol. The smallest absolute Gasteiger partial charge is 0.140 e. The van der Waals surface area contributed by atoms with E-state index in [-0.39, 0.29) is 0 Å². The molecular weight excluding hydrogens is 280 g/mol. The number of ether oxygens (including phenoxy) is 1. The van der Waals surface area contributed by atoms with Crippen LogP contribution in [0.25, 0.3) is 0 Å². The number of hydrogen-bond donors (Lipinski definition) is 1. The van der Waals surface area contributed by atoms with Crippen molar-refractivity contribution in [1.82, 2.24) is 10.3 Å². The molecule has 2 rings (SSSR count). The number of rotatable bonds is 6. The first kappa shape index (κ1) is 14.3. The second kappa shape index (κ2) is 6.89. The molecule has 0 aliphatic carbocycles. The van der Waals surface area contributed by atoms with E-state index in [1.54, 1.807) is 11.3 Å². The number of nitrogens with one attached hydrogen (secondary N) is 1. The quantitative estimate of drug-likeness (QED) is 0.883. The van der Waals surface area contributed by atoms with Gasteiger partial charge in [0.1, 0.15) is 17.4 Å². The van der Waals surface area contributed by atoms with Gasteiger partial charge in [-0.3, -0.25) is 0 Å². The van der Waals surface area contributed by atoms with Gasteiger partial charge in [0.05, 0.1) is 5.69 Å². The molecule has 1 aromatic carbocycles. The maximum Gasteiger partial charge on any atom is 0.140 e. The lowest BCUT2D eigenvalue weighted by Gasteiger charge is -2.03. The molecule has 0 amide bonds. The van der Waals surface area contributed by atoms with Crippen LogP contribution in [0.2, 0.25) is 5.02 Å². The Morgan fingerprint density at radius 3 is 2.68 bits per heavy atom. The van der Waals surface area contributed by atoms with E-state index >= 15 is 0 Å². The Morgan fingerprint density at radius 1 is 1.32 bits per heavy atom. The first-order valence-electron chi connectivity index (χ1n) is 6.23. The summed E-state index contributed by atoms with van der Waals surface area (Å²) in [6.07, 6.45) is 0.953. The molecule has 0 aliphatic rings. The van der Waals surface area contributed by atoms with Gasteiger partial charge < -0.3 is 10.1 Å². The zero-order chi connectivity index (χ0) is 13.7. The number of aryl methyl sites for hydroxylation is 1. The fraction of sp³-hybridized carbons (Fsp3) is 0.357. The number of thiazole rings is 1. The third-order valence-electron chi connectivity index (χ3n) is 2.67. The third kappa shape index (κ3) is 3.93. The van der Waals surface area contributed by atoms with Crippen LogP contribution in [0.1, 0.15) is 22.5 Å². The van der Waals surface area contributed by atoms with Crippen LogP contribution in [-0.2, 0) is 19.6 Å². The lowest BCUT2D eigenvalue weighted by Crippen LogP contribution is -2.05. The van der Waals surface area contributed by atoms with Crippen molar-refractivity contribution in [2.45, 2.75) is 26.5 Å². The van der Waals surface area contributed by atoms with Crippen LogP contribution in [-0.4, -0.2) is 12.0 Å². The van der Waals surface area contributed by atoms with Gasteiger partial charge in [-0.2, -0.15) is 0 Å². The molecule has 5 heteroatoms. The molecule has 1 N–H and O–H groups in total. The van der Waals surface area contributed by atoms with Gasteiger partial charge in [-0.15, -0.1) is 11.3 Å². The van der Waals surface area contributed by atoms with Gasteiger partial charge in [0, 0.05) is 16.4 Å². The minimum absolute atomic E-state index is 0.503. The Hall–Kier alpha value is -1.10. The van der Waals surface area contributed by atoms with E-state index in [1.165, 1.54) is 4.88 Å². The van der Waals surface area contributed by atoms with Gasteiger partial charge in [0.15, 0.2) is 0 Å². The lowest BCUT2D eigenvalue weighted by molar-refractivity contribution is 0.305. The fourth-order valence-electron chi connectivity index (χ4n) is 1.75. The van der Waals surface area contributed by atoms with Crippen molar-refractivity contribution in [3.05, 3.63) is 44.9 Å². The summed E-state index contributed by atoms with van der Waals surface area (Å²) >= 11 is 7.54. The highest BCUT2D eigenvalue weighted by Crippen LogP contribution is 2.22. The Kier molecular flexibility index (Phi) is 5.19. The number of hydrogen-bond acceptors (Lipinski definition) is 4. The lowest BCUT2D eigenvalue weighted by atomic mass is 10.3. The number of nitrogens with zero attached hydrogens (tertiary/aromatic N) is 1.